The molecule has 5 heteroatoms. The van der Waals surface area contributed by atoms with Crippen LogP contribution in [-0.4, -0.2) is 11.1 Å². The van der Waals surface area contributed by atoms with Gasteiger partial charge in [0.25, 0.3) is 0 Å². The molecule has 4 nitrogen and oxygen atoms in total. The fraction of sp³-hybridized carbons (Fsp3) is 0.267. The number of aliphatic carboxylic acids is 1. The first-order chi connectivity index (χ1) is 9.54. The van der Waals surface area contributed by atoms with Gasteiger partial charge in [0.2, 0.25) is 0 Å². The first kappa shape index (κ1) is 14.7. The summed E-state index contributed by atoms with van der Waals surface area (Å²) in [6.07, 6.45) is 0.542. The largest absolute Gasteiger partial charge is 0.481 e. The number of hydrogen-bond donors (Lipinski definition) is 2. The number of carbonyl (C=O) groups is 1. The Labute approximate surface area is 125 Å². The quantitative estimate of drug-likeness (QED) is 0.838. The highest BCUT2D eigenvalue weighted by molar-refractivity contribution is 9.10. The summed E-state index contributed by atoms with van der Waals surface area (Å²) < 4.78 is 6.11. The van der Waals surface area contributed by atoms with Crippen molar-refractivity contribution in [3.63, 3.8) is 0 Å². The first-order valence-corrected chi connectivity index (χ1v) is 7.13. The zero-order valence-electron chi connectivity index (χ0n) is 11.1. The van der Waals surface area contributed by atoms with Crippen LogP contribution < -0.4 is 5.32 Å². The van der Waals surface area contributed by atoms with E-state index in [9.17, 15) is 4.79 Å². The molecule has 0 aliphatic rings. The Balaban J connectivity index is 1.89. The lowest BCUT2D eigenvalue weighted by Gasteiger charge is -2.08. The van der Waals surface area contributed by atoms with E-state index in [0.29, 0.717) is 17.6 Å². The van der Waals surface area contributed by atoms with Crippen LogP contribution in [0.5, 0.6) is 0 Å². The van der Waals surface area contributed by atoms with Gasteiger partial charge in [-0.2, -0.15) is 0 Å². The van der Waals surface area contributed by atoms with Gasteiger partial charge < -0.3 is 14.8 Å². The van der Waals surface area contributed by atoms with Gasteiger partial charge in [0.05, 0.1) is 12.5 Å². The van der Waals surface area contributed by atoms with Crippen molar-refractivity contribution in [3.05, 3.63) is 52.4 Å². The van der Waals surface area contributed by atoms with Crippen LogP contribution in [0.1, 0.15) is 18.2 Å². The predicted molar refractivity (Wildman–Crippen MR) is 80.7 cm³/mol. The number of halogens is 1. The number of furan rings is 1. The van der Waals surface area contributed by atoms with Gasteiger partial charge in [0, 0.05) is 5.69 Å². The Morgan fingerprint density at radius 3 is 2.55 bits per heavy atom. The van der Waals surface area contributed by atoms with Crippen molar-refractivity contribution < 1.29 is 14.3 Å². The molecule has 0 aliphatic heterocycles. The Morgan fingerprint density at radius 1 is 1.30 bits per heavy atom. The number of benzene rings is 1. The molecule has 1 unspecified atom stereocenters. The van der Waals surface area contributed by atoms with Gasteiger partial charge >= 0.3 is 5.97 Å². The number of anilines is 1. The zero-order valence-corrected chi connectivity index (χ0v) is 12.7. The molecule has 2 rings (SSSR count). The number of rotatable bonds is 6. The number of nitrogens with one attached hydrogen (secondary N) is 1. The van der Waals surface area contributed by atoms with E-state index < -0.39 is 5.97 Å². The number of carboxylic acids is 1. The number of hydrogen-bond acceptors (Lipinski definition) is 3. The Morgan fingerprint density at radius 2 is 2.00 bits per heavy atom. The van der Waals surface area contributed by atoms with Crippen LogP contribution in [0.25, 0.3) is 0 Å². The monoisotopic (exact) mass is 337 g/mol. The van der Waals surface area contributed by atoms with Crippen LogP contribution in [0.15, 0.2) is 45.5 Å². The van der Waals surface area contributed by atoms with Crippen LogP contribution in [0.4, 0.5) is 5.69 Å². The third-order valence-electron chi connectivity index (χ3n) is 3.01. The van der Waals surface area contributed by atoms with Crippen molar-refractivity contribution in [2.45, 2.75) is 19.9 Å². The van der Waals surface area contributed by atoms with E-state index in [4.69, 9.17) is 9.52 Å². The van der Waals surface area contributed by atoms with E-state index in [-0.39, 0.29) is 5.92 Å². The first-order valence-electron chi connectivity index (χ1n) is 6.34. The zero-order chi connectivity index (χ0) is 14.5. The van der Waals surface area contributed by atoms with E-state index >= 15 is 0 Å². The molecule has 1 atom stereocenters. The lowest BCUT2D eigenvalue weighted by molar-refractivity contribution is -0.141. The van der Waals surface area contributed by atoms with E-state index in [1.54, 1.807) is 6.92 Å². The molecular weight excluding hydrogens is 322 g/mol. The molecule has 2 aromatic rings. The topological polar surface area (TPSA) is 62.5 Å². The summed E-state index contributed by atoms with van der Waals surface area (Å²) in [6, 6.07) is 11.5. The molecule has 106 valence electrons. The van der Waals surface area contributed by atoms with E-state index in [2.05, 4.69) is 21.2 Å². The van der Waals surface area contributed by atoms with Gasteiger partial charge in [-0.15, -0.1) is 0 Å². The maximum Gasteiger partial charge on any atom is 0.306 e. The molecule has 0 fully saturated rings. The molecule has 1 aromatic carbocycles. The normalized spacial score (nSPS) is 12.1. The second kappa shape index (κ2) is 6.61. The Kier molecular flexibility index (Phi) is 4.84. The highest BCUT2D eigenvalue weighted by atomic mass is 79.9. The molecule has 20 heavy (non-hydrogen) atoms. The molecule has 0 radical (unpaired) electrons. The Hall–Kier alpha value is -1.75. The molecule has 0 saturated heterocycles. The summed E-state index contributed by atoms with van der Waals surface area (Å²) in [6.45, 7) is 2.32. The average Bonchev–Trinajstić information content (AvgIpc) is 2.83. The van der Waals surface area contributed by atoms with Gasteiger partial charge in [0.1, 0.15) is 5.76 Å². The minimum Gasteiger partial charge on any atom is -0.481 e. The van der Waals surface area contributed by atoms with Gasteiger partial charge in [0.15, 0.2) is 4.67 Å². The second-order valence-corrected chi connectivity index (χ2v) is 5.48. The van der Waals surface area contributed by atoms with E-state index in [1.807, 2.05) is 36.4 Å². The molecule has 0 bridgehead atoms. The van der Waals surface area contributed by atoms with E-state index in [0.717, 1.165) is 17.0 Å². The standard InChI is InChI=1S/C15H16BrNO3/c1-10(15(18)19)8-11-2-4-12(5-3-11)17-9-13-6-7-14(16)20-13/h2-7,10,17H,8-9H2,1H3,(H,18,19). The minimum absolute atomic E-state index is 0.366. The lowest BCUT2D eigenvalue weighted by Crippen LogP contribution is -2.12. The van der Waals surface area contributed by atoms with Crippen molar-refractivity contribution in [2.75, 3.05) is 5.32 Å². The molecule has 0 aliphatic carbocycles. The fourth-order valence-corrected chi connectivity index (χ4v) is 2.18. The van der Waals surface area contributed by atoms with Crippen molar-refractivity contribution in [1.29, 1.82) is 0 Å². The van der Waals surface area contributed by atoms with Crippen molar-refractivity contribution >= 4 is 27.6 Å². The maximum atomic E-state index is 10.8. The maximum absolute atomic E-state index is 10.8. The van der Waals surface area contributed by atoms with Crippen molar-refractivity contribution in [2.24, 2.45) is 5.92 Å². The highest BCUT2D eigenvalue weighted by Gasteiger charge is 2.11. The summed E-state index contributed by atoms with van der Waals surface area (Å²) in [4.78, 5) is 10.8. The second-order valence-electron chi connectivity index (χ2n) is 4.70. The third kappa shape index (κ3) is 4.13. The van der Waals surface area contributed by atoms with Gasteiger partial charge in [-0.1, -0.05) is 19.1 Å². The molecule has 1 heterocycles. The predicted octanol–water partition coefficient (Wildman–Crippen LogP) is 3.92. The molecule has 0 saturated carbocycles. The number of carboxylic acid groups (broad SMARTS) is 1. The summed E-state index contributed by atoms with van der Waals surface area (Å²) in [5.74, 6) is -0.287. The lowest BCUT2D eigenvalue weighted by atomic mass is 10.0. The molecule has 1 aromatic heterocycles. The smallest absolute Gasteiger partial charge is 0.306 e. The molecular formula is C15H16BrNO3. The Bertz CT molecular complexity index is 577. The summed E-state index contributed by atoms with van der Waals surface area (Å²) in [5.41, 5.74) is 2.00. The van der Waals surface area contributed by atoms with Crippen molar-refractivity contribution in [1.82, 2.24) is 0 Å². The highest BCUT2D eigenvalue weighted by Crippen LogP contribution is 2.17. The van der Waals surface area contributed by atoms with Crippen LogP contribution in [0, 0.1) is 5.92 Å². The summed E-state index contributed by atoms with van der Waals surface area (Å²) in [7, 11) is 0. The third-order valence-corrected chi connectivity index (χ3v) is 3.44. The van der Waals surface area contributed by atoms with Crippen LogP contribution in [0.3, 0.4) is 0 Å². The minimum atomic E-state index is -0.768. The average molecular weight is 338 g/mol. The van der Waals surface area contributed by atoms with Crippen molar-refractivity contribution in [3.8, 4) is 0 Å². The van der Waals surface area contributed by atoms with Gasteiger partial charge in [-0.25, -0.2) is 0 Å². The molecule has 0 spiro atoms. The van der Waals surface area contributed by atoms with Crippen LogP contribution in [-0.2, 0) is 17.8 Å². The summed E-state index contributed by atoms with van der Waals surface area (Å²) >= 11 is 3.26. The SMILES string of the molecule is CC(Cc1ccc(NCc2ccc(Br)o2)cc1)C(=O)O. The van der Waals surface area contributed by atoms with E-state index in [1.165, 1.54) is 0 Å². The van der Waals surface area contributed by atoms with Crippen LogP contribution >= 0.6 is 15.9 Å². The molecule has 2 N–H and O–H groups in total. The van der Waals surface area contributed by atoms with Crippen LogP contribution in [0.2, 0.25) is 0 Å². The fourth-order valence-electron chi connectivity index (χ4n) is 1.84. The summed E-state index contributed by atoms with van der Waals surface area (Å²) in [5, 5.41) is 12.1. The van der Waals surface area contributed by atoms with Gasteiger partial charge in [-0.3, -0.25) is 4.79 Å². The van der Waals surface area contributed by atoms with Gasteiger partial charge in [-0.05, 0) is 52.2 Å². The molecule has 0 amide bonds.